The van der Waals surface area contributed by atoms with Crippen molar-refractivity contribution in [2.75, 3.05) is 26.1 Å². The molecular formula is C18H19N3O5S. The van der Waals surface area contributed by atoms with Gasteiger partial charge in [-0.3, -0.25) is 18.7 Å². The highest BCUT2D eigenvalue weighted by Gasteiger charge is 2.17. The van der Waals surface area contributed by atoms with Crippen molar-refractivity contribution in [1.29, 1.82) is 0 Å². The van der Waals surface area contributed by atoms with E-state index in [0.29, 0.717) is 21.7 Å². The summed E-state index contributed by atoms with van der Waals surface area (Å²) in [6.45, 7) is 0.118. The number of para-hydroxylation sites is 2. The summed E-state index contributed by atoms with van der Waals surface area (Å²) in [5.74, 6) is 0.120. The highest BCUT2D eigenvalue weighted by atomic mass is 32.1. The van der Waals surface area contributed by atoms with Gasteiger partial charge in [0.25, 0.3) is 5.56 Å². The first-order chi connectivity index (χ1) is 13.1. The fourth-order valence-corrected chi connectivity index (χ4v) is 3.59. The molecule has 0 bridgehead atoms. The van der Waals surface area contributed by atoms with Crippen LogP contribution in [0.1, 0.15) is 0 Å². The predicted octanol–water partition coefficient (Wildman–Crippen LogP) is 1.52. The van der Waals surface area contributed by atoms with Gasteiger partial charge in [-0.05, 0) is 23.6 Å². The zero-order valence-electron chi connectivity index (χ0n) is 14.9. The molecule has 1 aromatic carbocycles. The Morgan fingerprint density at radius 2 is 1.93 bits per heavy atom. The number of hydrogen-bond donors (Lipinski definition) is 1. The van der Waals surface area contributed by atoms with Gasteiger partial charge in [-0.2, -0.15) is 0 Å². The van der Waals surface area contributed by atoms with Crippen LogP contribution in [-0.4, -0.2) is 35.9 Å². The second-order valence-electron chi connectivity index (χ2n) is 5.70. The van der Waals surface area contributed by atoms with Crippen molar-refractivity contribution >= 4 is 33.1 Å². The molecule has 8 nitrogen and oxygen atoms in total. The van der Waals surface area contributed by atoms with Gasteiger partial charge in [-0.25, -0.2) is 4.79 Å². The van der Waals surface area contributed by atoms with Crippen molar-refractivity contribution in [2.24, 2.45) is 0 Å². The van der Waals surface area contributed by atoms with Gasteiger partial charge in [0.15, 0.2) is 0 Å². The third kappa shape index (κ3) is 3.79. The SMILES string of the molecule is COCCn1c(=O)c2sccc2n(CC(=O)Nc2ccccc2OC)c1=O. The number of fused-ring (bicyclic) bond motifs is 1. The fourth-order valence-electron chi connectivity index (χ4n) is 2.75. The van der Waals surface area contributed by atoms with Gasteiger partial charge >= 0.3 is 5.69 Å². The number of nitrogens with one attached hydrogen (secondary N) is 1. The molecule has 0 spiro atoms. The van der Waals surface area contributed by atoms with E-state index in [-0.39, 0.29) is 25.3 Å². The third-order valence-corrected chi connectivity index (χ3v) is 4.93. The summed E-state index contributed by atoms with van der Waals surface area (Å²) in [5.41, 5.74) is 0.0349. The van der Waals surface area contributed by atoms with E-state index >= 15 is 0 Å². The zero-order chi connectivity index (χ0) is 19.4. The molecule has 9 heteroatoms. The van der Waals surface area contributed by atoms with Gasteiger partial charge in [0.1, 0.15) is 17.0 Å². The molecule has 3 rings (SSSR count). The number of carbonyl (C=O) groups excluding carboxylic acids is 1. The monoisotopic (exact) mass is 389 g/mol. The number of aromatic nitrogens is 2. The number of benzene rings is 1. The minimum atomic E-state index is -0.543. The first-order valence-corrected chi connectivity index (χ1v) is 9.07. The van der Waals surface area contributed by atoms with E-state index in [1.807, 2.05) is 0 Å². The second-order valence-corrected chi connectivity index (χ2v) is 6.62. The average Bonchev–Trinajstić information content (AvgIpc) is 3.15. The molecule has 0 aliphatic carbocycles. The van der Waals surface area contributed by atoms with Gasteiger partial charge in [0, 0.05) is 7.11 Å². The summed E-state index contributed by atoms with van der Waals surface area (Å²) in [7, 11) is 3.00. The van der Waals surface area contributed by atoms with Gasteiger partial charge in [0.05, 0.1) is 31.5 Å². The van der Waals surface area contributed by atoms with Crippen LogP contribution in [0.2, 0.25) is 0 Å². The molecule has 0 radical (unpaired) electrons. The summed E-state index contributed by atoms with van der Waals surface area (Å²) in [4.78, 5) is 37.8. The predicted molar refractivity (Wildman–Crippen MR) is 104 cm³/mol. The van der Waals surface area contributed by atoms with Crippen molar-refractivity contribution in [3.05, 3.63) is 56.5 Å². The van der Waals surface area contributed by atoms with Crippen LogP contribution >= 0.6 is 11.3 Å². The number of anilines is 1. The number of thiophene rings is 1. The Morgan fingerprint density at radius 3 is 2.67 bits per heavy atom. The maximum Gasteiger partial charge on any atom is 0.332 e. The smallest absolute Gasteiger partial charge is 0.332 e. The van der Waals surface area contributed by atoms with Crippen LogP contribution in [0.5, 0.6) is 5.75 Å². The second kappa shape index (κ2) is 8.19. The van der Waals surface area contributed by atoms with E-state index in [9.17, 15) is 14.4 Å². The molecule has 1 N–H and O–H groups in total. The first-order valence-electron chi connectivity index (χ1n) is 8.19. The number of hydrogen-bond acceptors (Lipinski definition) is 6. The summed E-state index contributed by atoms with van der Waals surface area (Å²) in [6.07, 6.45) is 0. The quantitative estimate of drug-likeness (QED) is 0.662. The number of ether oxygens (including phenoxy) is 2. The van der Waals surface area contributed by atoms with E-state index in [0.717, 1.165) is 4.57 Å². The molecule has 27 heavy (non-hydrogen) atoms. The molecule has 0 aliphatic heterocycles. The minimum Gasteiger partial charge on any atom is -0.495 e. The van der Waals surface area contributed by atoms with Crippen molar-refractivity contribution in [3.63, 3.8) is 0 Å². The zero-order valence-corrected chi connectivity index (χ0v) is 15.7. The molecule has 0 atom stereocenters. The molecule has 2 heterocycles. The Morgan fingerprint density at radius 1 is 1.15 bits per heavy atom. The number of amides is 1. The van der Waals surface area contributed by atoms with Crippen LogP contribution in [0.4, 0.5) is 5.69 Å². The van der Waals surface area contributed by atoms with Gasteiger partial charge in [0.2, 0.25) is 5.91 Å². The lowest BCUT2D eigenvalue weighted by atomic mass is 10.3. The Labute approximate surface area is 158 Å². The molecule has 3 aromatic rings. The third-order valence-electron chi connectivity index (χ3n) is 4.04. The van der Waals surface area contributed by atoms with E-state index in [1.54, 1.807) is 35.7 Å². The Bertz CT molecular complexity index is 1080. The molecular weight excluding hydrogens is 370 g/mol. The van der Waals surface area contributed by atoms with Crippen molar-refractivity contribution in [3.8, 4) is 5.75 Å². The summed E-state index contributed by atoms with van der Waals surface area (Å²) >= 11 is 1.24. The fraction of sp³-hybridized carbons (Fsp3) is 0.278. The Hall–Kier alpha value is -2.91. The lowest BCUT2D eigenvalue weighted by Gasteiger charge is -2.13. The van der Waals surface area contributed by atoms with E-state index < -0.39 is 11.6 Å². The molecule has 0 aliphatic rings. The topological polar surface area (TPSA) is 91.6 Å². The molecule has 1 amide bonds. The van der Waals surface area contributed by atoms with Crippen LogP contribution in [0.3, 0.4) is 0 Å². The number of methoxy groups -OCH3 is 2. The molecule has 0 fully saturated rings. The molecule has 2 aromatic heterocycles. The number of nitrogens with zero attached hydrogens (tertiary/aromatic N) is 2. The van der Waals surface area contributed by atoms with Crippen LogP contribution in [0.25, 0.3) is 10.2 Å². The standard InChI is InChI=1S/C18H19N3O5S/c1-25-9-8-20-17(23)16-13(7-10-27-16)21(18(20)24)11-15(22)19-12-5-3-4-6-14(12)26-2/h3-7,10H,8-9,11H2,1-2H3,(H,19,22). The van der Waals surface area contributed by atoms with Gasteiger partial charge in [-0.1, -0.05) is 12.1 Å². The van der Waals surface area contributed by atoms with E-state index in [4.69, 9.17) is 9.47 Å². The van der Waals surface area contributed by atoms with Crippen molar-refractivity contribution in [1.82, 2.24) is 9.13 Å². The number of rotatable bonds is 7. The lowest BCUT2D eigenvalue weighted by Crippen LogP contribution is -2.42. The van der Waals surface area contributed by atoms with Crippen LogP contribution in [-0.2, 0) is 22.6 Å². The summed E-state index contributed by atoms with van der Waals surface area (Å²) in [6, 6.07) is 8.66. The molecule has 0 saturated heterocycles. The molecule has 0 saturated carbocycles. The number of carbonyl (C=O) groups is 1. The highest BCUT2D eigenvalue weighted by Crippen LogP contribution is 2.23. The van der Waals surface area contributed by atoms with E-state index in [1.165, 1.54) is 30.1 Å². The van der Waals surface area contributed by atoms with Gasteiger partial charge < -0.3 is 14.8 Å². The normalized spacial score (nSPS) is 10.9. The van der Waals surface area contributed by atoms with E-state index in [2.05, 4.69) is 5.32 Å². The maximum absolute atomic E-state index is 12.8. The van der Waals surface area contributed by atoms with Crippen molar-refractivity contribution in [2.45, 2.75) is 13.1 Å². The molecule has 142 valence electrons. The van der Waals surface area contributed by atoms with Crippen LogP contribution < -0.4 is 21.3 Å². The maximum atomic E-state index is 12.8. The summed E-state index contributed by atoms with van der Waals surface area (Å²) in [5, 5.41) is 4.46. The van der Waals surface area contributed by atoms with Crippen LogP contribution in [0.15, 0.2) is 45.3 Å². The summed E-state index contributed by atoms with van der Waals surface area (Å²) < 4.78 is 13.0. The Balaban J connectivity index is 1.96. The van der Waals surface area contributed by atoms with Gasteiger partial charge in [-0.15, -0.1) is 11.3 Å². The first kappa shape index (κ1) is 18.9. The van der Waals surface area contributed by atoms with Crippen molar-refractivity contribution < 1.29 is 14.3 Å². The molecule has 0 unspecified atom stereocenters. The minimum absolute atomic E-state index is 0.121. The van der Waals surface area contributed by atoms with Crippen LogP contribution in [0, 0.1) is 0 Å². The largest absolute Gasteiger partial charge is 0.495 e. The highest BCUT2D eigenvalue weighted by molar-refractivity contribution is 7.17. The average molecular weight is 389 g/mol. The Kier molecular flexibility index (Phi) is 5.72. The lowest BCUT2D eigenvalue weighted by molar-refractivity contribution is -0.116.